The van der Waals surface area contributed by atoms with Crippen molar-refractivity contribution < 1.29 is 19.6 Å². The minimum atomic E-state index is -0.913. The molecule has 8 nitrogen and oxygen atoms in total. The Hall–Kier alpha value is -2.84. The van der Waals surface area contributed by atoms with Crippen molar-refractivity contribution in [1.29, 1.82) is 0 Å². The van der Waals surface area contributed by atoms with Crippen molar-refractivity contribution in [2.45, 2.75) is 6.29 Å². The van der Waals surface area contributed by atoms with Gasteiger partial charge in [0.1, 0.15) is 5.71 Å². The molecule has 0 unspecified atom stereocenters. The molecule has 0 atom stereocenters. The molecule has 0 fully saturated rings. The molecule has 0 aliphatic carbocycles. The average Bonchev–Trinajstić information content (AvgIpc) is 2.58. The average molecular weight is 317 g/mol. The molecule has 0 bridgehead atoms. The number of nitro groups is 1. The molecule has 1 aromatic carbocycles. The predicted octanol–water partition coefficient (Wildman–Crippen LogP) is 2.51. The second-order valence-electron chi connectivity index (χ2n) is 4.52. The first kappa shape index (κ1) is 16.5. The zero-order valence-corrected chi connectivity index (χ0v) is 12.5. The van der Waals surface area contributed by atoms with Crippen molar-refractivity contribution in [2.75, 3.05) is 14.2 Å². The highest BCUT2D eigenvalue weighted by molar-refractivity contribution is 6.12. The molecule has 1 aromatic heterocycles. The molecule has 8 heteroatoms. The van der Waals surface area contributed by atoms with Crippen LogP contribution in [0.2, 0.25) is 0 Å². The number of nitro benzene ring substituents is 1. The molecule has 1 heterocycles. The molecule has 0 saturated heterocycles. The van der Waals surface area contributed by atoms with E-state index < -0.39 is 11.2 Å². The van der Waals surface area contributed by atoms with Crippen LogP contribution in [0.5, 0.6) is 0 Å². The standard InChI is InChI=1S/C15H15N3O5/c1-22-15(23-2)12-8-10(5-6-13(12)18(20)21)14(17-19)11-4-3-7-16-9-11/h3-9,15,19H,1-2H3/b17-14-. The number of hydrogen-bond acceptors (Lipinski definition) is 7. The maximum atomic E-state index is 11.2. The minimum absolute atomic E-state index is 0.147. The van der Waals surface area contributed by atoms with E-state index in [1.165, 1.54) is 38.6 Å². The van der Waals surface area contributed by atoms with E-state index in [1.807, 2.05) is 0 Å². The highest BCUT2D eigenvalue weighted by Crippen LogP contribution is 2.29. The second kappa shape index (κ2) is 7.43. The van der Waals surface area contributed by atoms with Crippen molar-refractivity contribution >= 4 is 11.4 Å². The van der Waals surface area contributed by atoms with E-state index >= 15 is 0 Å². The molecule has 0 spiro atoms. The molecule has 0 amide bonds. The van der Waals surface area contributed by atoms with Gasteiger partial charge in [0.25, 0.3) is 5.69 Å². The number of aromatic nitrogens is 1. The molecule has 0 aliphatic heterocycles. The number of oxime groups is 1. The quantitative estimate of drug-likeness (QED) is 0.288. The Bertz CT molecular complexity index is 714. The van der Waals surface area contributed by atoms with E-state index in [4.69, 9.17) is 9.47 Å². The summed E-state index contributed by atoms with van der Waals surface area (Å²) in [4.78, 5) is 14.6. The van der Waals surface area contributed by atoms with Crippen molar-refractivity contribution in [3.05, 3.63) is 69.5 Å². The van der Waals surface area contributed by atoms with Crippen LogP contribution in [0.25, 0.3) is 0 Å². The number of nitrogens with zero attached hydrogens (tertiary/aromatic N) is 3. The van der Waals surface area contributed by atoms with Gasteiger partial charge in [0, 0.05) is 43.8 Å². The van der Waals surface area contributed by atoms with Crippen molar-refractivity contribution in [2.24, 2.45) is 5.16 Å². The Balaban J connectivity index is 2.56. The molecule has 2 rings (SSSR count). The fourth-order valence-electron chi connectivity index (χ4n) is 2.19. The predicted molar refractivity (Wildman–Crippen MR) is 81.5 cm³/mol. The summed E-state index contributed by atoms with van der Waals surface area (Å²) in [5.74, 6) is 0. The normalized spacial score (nSPS) is 11.7. The van der Waals surface area contributed by atoms with Gasteiger partial charge in [-0.3, -0.25) is 15.1 Å². The van der Waals surface area contributed by atoms with Crippen molar-refractivity contribution in [1.82, 2.24) is 4.98 Å². The SMILES string of the molecule is COC(OC)c1cc(/C(=N/O)c2cccnc2)ccc1[N+](=O)[O-]. The van der Waals surface area contributed by atoms with Gasteiger partial charge in [0.2, 0.25) is 0 Å². The molecular weight excluding hydrogens is 302 g/mol. The van der Waals surface area contributed by atoms with E-state index in [1.54, 1.807) is 18.3 Å². The van der Waals surface area contributed by atoms with Gasteiger partial charge in [-0.2, -0.15) is 0 Å². The Kier molecular flexibility index (Phi) is 5.34. The van der Waals surface area contributed by atoms with Crippen LogP contribution in [0.4, 0.5) is 5.69 Å². The maximum absolute atomic E-state index is 11.2. The van der Waals surface area contributed by atoms with Gasteiger partial charge < -0.3 is 14.7 Å². The van der Waals surface area contributed by atoms with E-state index in [0.29, 0.717) is 11.1 Å². The maximum Gasteiger partial charge on any atom is 0.277 e. The van der Waals surface area contributed by atoms with Gasteiger partial charge in [-0.15, -0.1) is 0 Å². The number of rotatable bonds is 6. The number of benzene rings is 1. The summed E-state index contributed by atoms with van der Waals surface area (Å²) < 4.78 is 10.2. The van der Waals surface area contributed by atoms with Crippen molar-refractivity contribution in [3.8, 4) is 0 Å². The zero-order chi connectivity index (χ0) is 16.8. The van der Waals surface area contributed by atoms with Crippen LogP contribution in [0, 0.1) is 10.1 Å². The van der Waals surface area contributed by atoms with E-state index in [2.05, 4.69) is 10.1 Å². The van der Waals surface area contributed by atoms with E-state index in [0.717, 1.165) is 0 Å². The van der Waals surface area contributed by atoms with Crippen LogP contribution in [-0.4, -0.2) is 35.0 Å². The number of ether oxygens (including phenoxy) is 2. The lowest BCUT2D eigenvalue weighted by atomic mass is 10.0. The summed E-state index contributed by atoms with van der Waals surface area (Å²) in [5.41, 5.74) is 1.36. The van der Waals surface area contributed by atoms with E-state index in [9.17, 15) is 15.3 Å². The first-order valence-electron chi connectivity index (χ1n) is 6.59. The second-order valence-corrected chi connectivity index (χ2v) is 4.52. The summed E-state index contributed by atoms with van der Waals surface area (Å²) in [6.45, 7) is 0. The van der Waals surface area contributed by atoms with Crippen molar-refractivity contribution in [3.63, 3.8) is 0 Å². The molecule has 120 valence electrons. The van der Waals surface area contributed by atoms with Crippen LogP contribution in [0.1, 0.15) is 23.0 Å². The smallest absolute Gasteiger partial charge is 0.277 e. The lowest BCUT2D eigenvalue weighted by Crippen LogP contribution is -2.10. The highest BCUT2D eigenvalue weighted by atomic mass is 16.7. The summed E-state index contributed by atoms with van der Waals surface area (Å²) in [7, 11) is 2.76. The van der Waals surface area contributed by atoms with Gasteiger partial charge in [-0.05, 0) is 24.3 Å². The lowest BCUT2D eigenvalue weighted by molar-refractivity contribution is -0.387. The molecular formula is C15H15N3O5. The highest BCUT2D eigenvalue weighted by Gasteiger charge is 2.23. The van der Waals surface area contributed by atoms with Crippen LogP contribution in [0.15, 0.2) is 47.9 Å². The molecule has 0 radical (unpaired) electrons. The van der Waals surface area contributed by atoms with Gasteiger partial charge in [0.15, 0.2) is 6.29 Å². The molecule has 1 N–H and O–H groups in total. The van der Waals surface area contributed by atoms with Crippen LogP contribution in [-0.2, 0) is 9.47 Å². The Morgan fingerprint density at radius 2 is 2.04 bits per heavy atom. The minimum Gasteiger partial charge on any atom is -0.410 e. The van der Waals surface area contributed by atoms with Gasteiger partial charge in [-0.25, -0.2) is 0 Å². The lowest BCUT2D eigenvalue weighted by Gasteiger charge is -2.15. The third-order valence-electron chi connectivity index (χ3n) is 3.21. The Labute approximate surface area is 132 Å². The molecule has 0 aliphatic rings. The largest absolute Gasteiger partial charge is 0.410 e. The summed E-state index contributed by atoms with van der Waals surface area (Å²) in [6, 6.07) is 7.72. The molecule has 0 saturated carbocycles. The monoisotopic (exact) mass is 317 g/mol. The van der Waals surface area contributed by atoms with Crippen LogP contribution in [0.3, 0.4) is 0 Å². The summed E-state index contributed by atoms with van der Waals surface area (Å²) >= 11 is 0. The summed E-state index contributed by atoms with van der Waals surface area (Å²) in [5, 5.41) is 23.8. The third kappa shape index (κ3) is 3.50. The van der Waals surface area contributed by atoms with Crippen LogP contribution >= 0.6 is 0 Å². The zero-order valence-electron chi connectivity index (χ0n) is 12.5. The topological polar surface area (TPSA) is 107 Å². The first-order chi connectivity index (χ1) is 11.1. The van der Waals surface area contributed by atoms with Crippen LogP contribution < -0.4 is 0 Å². The van der Waals surface area contributed by atoms with E-state index in [-0.39, 0.29) is 17.0 Å². The fourth-order valence-corrected chi connectivity index (χ4v) is 2.19. The summed E-state index contributed by atoms with van der Waals surface area (Å²) in [6.07, 6.45) is 2.20. The number of pyridine rings is 1. The fraction of sp³-hybridized carbons (Fsp3) is 0.200. The third-order valence-corrected chi connectivity index (χ3v) is 3.21. The molecule has 2 aromatic rings. The Morgan fingerprint density at radius 1 is 1.30 bits per heavy atom. The Morgan fingerprint density at radius 3 is 2.57 bits per heavy atom. The number of methoxy groups -OCH3 is 2. The first-order valence-corrected chi connectivity index (χ1v) is 6.59. The van der Waals surface area contributed by atoms with Gasteiger partial charge in [-0.1, -0.05) is 5.16 Å². The van der Waals surface area contributed by atoms with Gasteiger partial charge in [0.05, 0.1) is 10.5 Å². The molecule has 23 heavy (non-hydrogen) atoms. The van der Waals surface area contributed by atoms with Gasteiger partial charge >= 0.3 is 0 Å². The number of hydrogen-bond donors (Lipinski definition) is 1.